The summed E-state index contributed by atoms with van der Waals surface area (Å²) in [4.78, 5) is 20.3. The van der Waals surface area contributed by atoms with Gasteiger partial charge in [-0.15, -0.1) is 0 Å². The van der Waals surface area contributed by atoms with E-state index in [0.29, 0.717) is 43.2 Å². The Morgan fingerprint density at radius 2 is 1.73 bits per heavy atom. The first-order valence-corrected chi connectivity index (χ1v) is 10.4. The van der Waals surface area contributed by atoms with E-state index in [1.165, 1.54) is 17.8 Å². The maximum absolute atomic E-state index is 13.5. The summed E-state index contributed by atoms with van der Waals surface area (Å²) in [7, 11) is 0. The fourth-order valence-corrected chi connectivity index (χ4v) is 4.54. The molecule has 13 heteroatoms. The Labute approximate surface area is 185 Å². The highest BCUT2D eigenvalue weighted by Crippen LogP contribution is 2.43. The van der Waals surface area contributed by atoms with Gasteiger partial charge in [0.05, 0.1) is 11.6 Å². The van der Waals surface area contributed by atoms with Crippen molar-refractivity contribution < 1.29 is 22.0 Å². The van der Waals surface area contributed by atoms with Crippen LogP contribution in [0.1, 0.15) is 24.9 Å². The van der Waals surface area contributed by atoms with Gasteiger partial charge in [-0.1, -0.05) is 0 Å². The first-order valence-electron chi connectivity index (χ1n) is 10.4. The van der Waals surface area contributed by atoms with E-state index >= 15 is 0 Å². The van der Waals surface area contributed by atoms with Crippen LogP contribution in [0.2, 0.25) is 0 Å². The number of anilines is 2. The van der Waals surface area contributed by atoms with Crippen molar-refractivity contribution in [3.63, 3.8) is 0 Å². The lowest BCUT2D eigenvalue weighted by Crippen LogP contribution is -2.58. The lowest BCUT2D eigenvalue weighted by atomic mass is 9.79. The molecule has 8 nitrogen and oxygen atoms in total. The zero-order valence-electron chi connectivity index (χ0n) is 17.9. The van der Waals surface area contributed by atoms with Crippen molar-refractivity contribution in [1.29, 1.82) is 0 Å². The highest BCUT2D eigenvalue weighted by molar-refractivity contribution is 5.74. The highest BCUT2D eigenvalue weighted by Gasteiger charge is 2.49. The molecule has 5 rings (SSSR count). The number of rotatable bonds is 4. The van der Waals surface area contributed by atoms with Gasteiger partial charge >= 0.3 is 6.18 Å². The molecule has 3 aromatic heterocycles. The predicted octanol–water partition coefficient (Wildman–Crippen LogP) is 3.32. The number of alkyl halides is 5. The molecule has 0 N–H and O–H groups in total. The van der Waals surface area contributed by atoms with Crippen molar-refractivity contribution >= 4 is 22.8 Å². The van der Waals surface area contributed by atoms with Crippen LogP contribution in [0.3, 0.4) is 0 Å². The summed E-state index contributed by atoms with van der Waals surface area (Å²) >= 11 is 0. The Hall–Kier alpha value is -3.12. The van der Waals surface area contributed by atoms with Crippen LogP contribution in [-0.2, 0) is 12.7 Å². The summed E-state index contributed by atoms with van der Waals surface area (Å²) in [6.45, 7) is 4.07. The Morgan fingerprint density at radius 1 is 1.00 bits per heavy atom. The van der Waals surface area contributed by atoms with Crippen LogP contribution in [0, 0.1) is 12.3 Å². The predicted molar refractivity (Wildman–Crippen MR) is 109 cm³/mol. The third-order valence-electron chi connectivity index (χ3n) is 6.00. The van der Waals surface area contributed by atoms with Gasteiger partial charge in [-0.2, -0.15) is 23.3 Å². The number of halogens is 5. The van der Waals surface area contributed by atoms with Crippen molar-refractivity contribution in [1.82, 2.24) is 29.7 Å². The minimum absolute atomic E-state index is 0.0739. The minimum atomic E-state index is -4.53. The van der Waals surface area contributed by atoms with Crippen molar-refractivity contribution in [3.8, 4) is 0 Å². The molecule has 2 fully saturated rings. The molecule has 2 aliphatic rings. The Balaban J connectivity index is 1.31. The summed E-state index contributed by atoms with van der Waals surface area (Å²) in [5.74, 6) is -2.16. The summed E-state index contributed by atoms with van der Waals surface area (Å²) in [6.07, 6.45) is -0.693. The van der Waals surface area contributed by atoms with Crippen LogP contribution in [0.5, 0.6) is 0 Å². The monoisotopic (exact) mass is 468 g/mol. The standard InChI is InChI=1S/C20H21F5N8/c1-12-28-14(20(23,24)25)5-15(29-12)32-10-19(11-32)3-4-31(9-19)17-26-6-13-7-27-33(16(13)30-17)8-18(2,21)22/h5-7H,3-4,8-11H2,1-2H3. The molecule has 0 bridgehead atoms. The van der Waals surface area contributed by atoms with Crippen molar-refractivity contribution in [3.05, 3.63) is 30.0 Å². The van der Waals surface area contributed by atoms with Gasteiger partial charge in [0, 0.05) is 50.8 Å². The maximum Gasteiger partial charge on any atom is 0.433 e. The second-order valence-electron chi connectivity index (χ2n) is 9.01. The molecule has 0 aromatic carbocycles. The SMILES string of the molecule is Cc1nc(N2CC3(CCN(c4ncc5cnn(CC(C)(F)F)c5n4)C3)C2)cc(C(F)(F)F)n1. The smallest absolute Gasteiger partial charge is 0.355 e. The number of hydrogen-bond donors (Lipinski definition) is 0. The molecule has 176 valence electrons. The van der Waals surface area contributed by atoms with Gasteiger partial charge in [-0.3, -0.25) is 0 Å². The fourth-order valence-electron chi connectivity index (χ4n) is 4.54. The number of hydrogen-bond acceptors (Lipinski definition) is 7. The molecule has 0 radical (unpaired) electrons. The first-order chi connectivity index (χ1) is 15.4. The van der Waals surface area contributed by atoms with Gasteiger partial charge in [0.25, 0.3) is 5.92 Å². The van der Waals surface area contributed by atoms with Crippen LogP contribution in [-0.4, -0.2) is 61.8 Å². The van der Waals surface area contributed by atoms with Crippen LogP contribution in [0.15, 0.2) is 18.5 Å². The Bertz CT molecular complexity index is 1200. The Morgan fingerprint density at radius 3 is 2.42 bits per heavy atom. The van der Waals surface area contributed by atoms with Gasteiger partial charge in [0.1, 0.15) is 23.9 Å². The second-order valence-corrected chi connectivity index (χ2v) is 9.01. The van der Waals surface area contributed by atoms with Gasteiger partial charge in [-0.05, 0) is 13.3 Å². The van der Waals surface area contributed by atoms with Crippen molar-refractivity contribution in [2.75, 3.05) is 36.0 Å². The average molecular weight is 468 g/mol. The van der Waals surface area contributed by atoms with E-state index in [9.17, 15) is 22.0 Å². The molecule has 1 spiro atoms. The highest BCUT2D eigenvalue weighted by atomic mass is 19.4. The summed E-state index contributed by atoms with van der Waals surface area (Å²) in [5, 5.41) is 4.57. The molecule has 33 heavy (non-hydrogen) atoms. The van der Waals surface area contributed by atoms with Gasteiger partial charge < -0.3 is 9.80 Å². The second kappa shape index (κ2) is 7.19. The number of aromatic nitrogens is 6. The molecular formula is C20H21F5N8. The lowest BCUT2D eigenvalue weighted by Gasteiger charge is -2.48. The van der Waals surface area contributed by atoms with Crippen molar-refractivity contribution in [2.24, 2.45) is 5.41 Å². The van der Waals surface area contributed by atoms with Crippen LogP contribution in [0.25, 0.3) is 11.0 Å². The van der Waals surface area contributed by atoms with E-state index < -0.39 is 24.3 Å². The van der Waals surface area contributed by atoms with Crippen LogP contribution in [0.4, 0.5) is 33.7 Å². The summed E-state index contributed by atoms with van der Waals surface area (Å²) < 4.78 is 67.4. The molecule has 5 heterocycles. The zero-order chi connectivity index (χ0) is 23.6. The van der Waals surface area contributed by atoms with E-state index in [4.69, 9.17) is 0 Å². The first kappa shape index (κ1) is 21.7. The number of aryl methyl sites for hydroxylation is 1. The largest absolute Gasteiger partial charge is 0.433 e. The normalized spacial score (nSPS) is 18.4. The zero-order valence-corrected chi connectivity index (χ0v) is 17.9. The van der Waals surface area contributed by atoms with Gasteiger partial charge in [-0.25, -0.2) is 28.4 Å². The Kier molecular flexibility index (Phi) is 4.73. The van der Waals surface area contributed by atoms with E-state index in [1.54, 1.807) is 6.20 Å². The molecule has 2 aliphatic heterocycles. The average Bonchev–Trinajstić information content (AvgIpc) is 3.29. The van der Waals surface area contributed by atoms with Crippen molar-refractivity contribution in [2.45, 2.75) is 38.9 Å². The topological polar surface area (TPSA) is 75.9 Å². The van der Waals surface area contributed by atoms with Gasteiger partial charge in [0.15, 0.2) is 5.65 Å². The van der Waals surface area contributed by atoms with E-state index in [2.05, 4.69) is 25.0 Å². The molecule has 0 saturated carbocycles. The third kappa shape index (κ3) is 4.15. The third-order valence-corrected chi connectivity index (χ3v) is 6.00. The van der Waals surface area contributed by atoms with E-state index in [0.717, 1.165) is 19.4 Å². The fraction of sp³-hybridized carbons (Fsp3) is 0.550. The molecule has 0 atom stereocenters. The molecule has 0 amide bonds. The summed E-state index contributed by atoms with van der Waals surface area (Å²) in [6, 6.07) is 0.980. The number of fused-ring (bicyclic) bond motifs is 1. The number of nitrogens with zero attached hydrogens (tertiary/aromatic N) is 8. The molecule has 0 aliphatic carbocycles. The summed E-state index contributed by atoms with van der Waals surface area (Å²) in [5.41, 5.74) is -0.726. The molecule has 3 aromatic rings. The maximum atomic E-state index is 13.5. The van der Waals surface area contributed by atoms with Gasteiger partial charge in [0.2, 0.25) is 5.95 Å². The van der Waals surface area contributed by atoms with Crippen LogP contribution < -0.4 is 9.80 Å². The lowest BCUT2D eigenvalue weighted by molar-refractivity contribution is -0.141. The molecule has 0 unspecified atom stereocenters. The van der Waals surface area contributed by atoms with E-state index in [1.807, 2.05) is 9.80 Å². The quantitative estimate of drug-likeness (QED) is 0.544. The molecule has 2 saturated heterocycles. The minimum Gasteiger partial charge on any atom is -0.355 e. The molecular weight excluding hydrogens is 447 g/mol. The van der Waals surface area contributed by atoms with Crippen LogP contribution >= 0.6 is 0 Å². The van der Waals surface area contributed by atoms with E-state index in [-0.39, 0.29) is 17.1 Å².